The van der Waals surface area contributed by atoms with Gasteiger partial charge in [-0.3, -0.25) is 4.79 Å². The normalized spacial score (nSPS) is 11.8. The number of amides is 1. The lowest BCUT2D eigenvalue weighted by Gasteiger charge is -2.29. The lowest BCUT2D eigenvalue weighted by molar-refractivity contribution is -0.137. The predicted octanol–water partition coefficient (Wildman–Crippen LogP) is 5.79. The second-order valence-electron chi connectivity index (χ2n) is 7.99. The molecule has 0 aliphatic heterocycles. The van der Waals surface area contributed by atoms with Gasteiger partial charge in [0.25, 0.3) is 0 Å². The van der Waals surface area contributed by atoms with Crippen molar-refractivity contribution < 1.29 is 18.0 Å². The molecule has 3 rings (SSSR count). The summed E-state index contributed by atoms with van der Waals surface area (Å²) in [7, 11) is 0. The van der Waals surface area contributed by atoms with E-state index in [0.717, 1.165) is 28.9 Å². The Balaban J connectivity index is 1.72. The molecule has 1 amide bonds. The quantitative estimate of drug-likeness (QED) is 0.445. The zero-order chi connectivity index (χ0) is 24.2. The van der Waals surface area contributed by atoms with Gasteiger partial charge in [-0.05, 0) is 49.7 Å². The molecule has 0 fully saturated rings. The molecule has 0 atom stereocenters. The second kappa shape index (κ2) is 10.4. The number of benzene rings is 2. The van der Waals surface area contributed by atoms with Crippen LogP contribution in [0.5, 0.6) is 0 Å². The largest absolute Gasteiger partial charge is 0.416 e. The molecular formula is C24H26ClF3N4O. The Morgan fingerprint density at radius 2 is 1.91 bits per heavy atom. The molecule has 2 aromatic carbocycles. The highest BCUT2D eigenvalue weighted by Crippen LogP contribution is 2.30. The monoisotopic (exact) mass is 478 g/mol. The highest BCUT2D eigenvalue weighted by Gasteiger charge is 2.30. The minimum atomic E-state index is -4.42. The molecule has 1 N–H and O–H groups in total. The number of fused-ring (bicyclic) bond motifs is 1. The maximum Gasteiger partial charge on any atom is 0.416 e. The molecule has 1 heterocycles. The summed E-state index contributed by atoms with van der Waals surface area (Å²) in [6.07, 6.45) is -3.60. The van der Waals surface area contributed by atoms with Gasteiger partial charge in [0.15, 0.2) is 0 Å². The van der Waals surface area contributed by atoms with E-state index in [1.807, 2.05) is 31.7 Å². The molecule has 0 aliphatic carbocycles. The van der Waals surface area contributed by atoms with E-state index < -0.39 is 11.7 Å². The van der Waals surface area contributed by atoms with Crippen molar-refractivity contribution in [3.8, 4) is 0 Å². The summed E-state index contributed by atoms with van der Waals surface area (Å²) in [5.74, 6) is 1.16. The summed E-state index contributed by atoms with van der Waals surface area (Å²) < 4.78 is 38.7. The summed E-state index contributed by atoms with van der Waals surface area (Å²) >= 11 is 6.14. The van der Waals surface area contributed by atoms with Crippen LogP contribution in [0.4, 0.5) is 19.0 Å². The van der Waals surface area contributed by atoms with Crippen molar-refractivity contribution in [3.63, 3.8) is 0 Å². The van der Waals surface area contributed by atoms with Crippen molar-refractivity contribution in [2.45, 2.75) is 52.4 Å². The maximum absolute atomic E-state index is 12.9. The maximum atomic E-state index is 12.9. The molecule has 9 heteroatoms. The van der Waals surface area contributed by atoms with E-state index >= 15 is 0 Å². The average Bonchev–Trinajstić information content (AvgIpc) is 2.76. The summed E-state index contributed by atoms with van der Waals surface area (Å²) in [4.78, 5) is 23.8. The third-order valence-electron chi connectivity index (χ3n) is 5.22. The smallest absolute Gasteiger partial charge is 0.353 e. The Kier molecular flexibility index (Phi) is 7.79. The fraction of sp³-hybridized carbons (Fsp3) is 0.375. The highest BCUT2D eigenvalue weighted by molar-refractivity contribution is 6.31. The van der Waals surface area contributed by atoms with Crippen LogP contribution in [0.25, 0.3) is 10.9 Å². The van der Waals surface area contributed by atoms with E-state index in [-0.39, 0.29) is 24.9 Å². The molecular weight excluding hydrogens is 453 g/mol. The van der Waals surface area contributed by atoms with Crippen LogP contribution in [-0.4, -0.2) is 28.5 Å². The van der Waals surface area contributed by atoms with Crippen molar-refractivity contribution in [1.29, 1.82) is 0 Å². The van der Waals surface area contributed by atoms with Gasteiger partial charge < -0.3 is 10.2 Å². The lowest BCUT2D eigenvalue weighted by atomic mass is 10.1. The number of anilines is 1. The van der Waals surface area contributed by atoms with E-state index in [1.54, 1.807) is 18.2 Å². The van der Waals surface area contributed by atoms with E-state index in [9.17, 15) is 18.0 Å². The van der Waals surface area contributed by atoms with Gasteiger partial charge in [0.05, 0.1) is 11.1 Å². The first-order chi connectivity index (χ1) is 15.6. The molecule has 176 valence electrons. The molecule has 0 unspecified atom stereocenters. The van der Waals surface area contributed by atoms with Crippen molar-refractivity contribution >= 4 is 34.2 Å². The predicted molar refractivity (Wildman–Crippen MR) is 124 cm³/mol. The molecule has 0 radical (unpaired) electrons. The van der Waals surface area contributed by atoms with Crippen LogP contribution in [0.3, 0.4) is 0 Å². The number of nitrogens with zero attached hydrogens (tertiary/aromatic N) is 3. The Hall–Kier alpha value is -2.87. The molecule has 33 heavy (non-hydrogen) atoms. The minimum Gasteiger partial charge on any atom is -0.353 e. The molecule has 0 saturated heterocycles. The minimum absolute atomic E-state index is 0.0271. The number of alkyl halides is 3. The van der Waals surface area contributed by atoms with Crippen molar-refractivity contribution in [2.24, 2.45) is 0 Å². The molecule has 0 spiro atoms. The SMILES string of the molecule is CCc1nc(N(CCC(=O)NCc2cccc(C(F)(F)F)c2)C(C)C)c2ccc(Cl)cc2n1. The van der Waals surface area contributed by atoms with Gasteiger partial charge in [-0.2, -0.15) is 13.2 Å². The van der Waals surface area contributed by atoms with Crippen LogP contribution < -0.4 is 10.2 Å². The molecule has 0 aliphatic rings. The number of nitrogens with one attached hydrogen (secondary N) is 1. The van der Waals surface area contributed by atoms with Gasteiger partial charge in [0, 0.05) is 42.4 Å². The fourth-order valence-electron chi connectivity index (χ4n) is 3.49. The van der Waals surface area contributed by atoms with E-state index in [1.165, 1.54) is 6.07 Å². The Morgan fingerprint density at radius 3 is 2.58 bits per heavy atom. The van der Waals surface area contributed by atoms with Crippen LogP contribution in [0.15, 0.2) is 42.5 Å². The van der Waals surface area contributed by atoms with Crippen LogP contribution in [-0.2, 0) is 23.9 Å². The molecule has 3 aromatic rings. The summed E-state index contributed by atoms with van der Waals surface area (Å²) in [6, 6.07) is 10.4. The Bertz CT molecular complexity index is 1130. The molecule has 0 bridgehead atoms. The van der Waals surface area contributed by atoms with E-state index in [4.69, 9.17) is 16.6 Å². The standard InChI is InChI=1S/C24H26ClF3N4O/c1-4-21-30-20-13-18(25)8-9-19(20)23(31-21)32(15(2)3)11-10-22(33)29-14-16-6-5-7-17(12-16)24(26,27)28/h5-9,12-13,15H,4,10-11,14H2,1-3H3,(H,29,33). The van der Waals surface area contributed by atoms with Gasteiger partial charge in [0.1, 0.15) is 11.6 Å². The number of aromatic nitrogens is 2. The summed E-state index contributed by atoms with van der Waals surface area (Å²) in [5.41, 5.74) is 0.400. The number of hydrogen-bond acceptors (Lipinski definition) is 4. The van der Waals surface area contributed by atoms with E-state index in [2.05, 4.69) is 10.3 Å². The van der Waals surface area contributed by atoms with E-state index in [0.29, 0.717) is 29.4 Å². The number of aryl methyl sites for hydroxylation is 1. The first-order valence-corrected chi connectivity index (χ1v) is 11.1. The van der Waals surface area contributed by atoms with Crippen LogP contribution >= 0.6 is 11.6 Å². The van der Waals surface area contributed by atoms with Crippen LogP contribution in [0, 0.1) is 0 Å². The molecule has 5 nitrogen and oxygen atoms in total. The van der Waals surface area contributed by atoms with Crippen LogP contribution in [0.2, 0.25) is 5.02 Å². The van der Waals surface area contributed by atoms with Gasteiger partial charge in [-0.15, -0.1) is 0 Å². The Morgan fingerprint density at radius 1 is 1.15 bits per heavy atom. The second-order valence-corrected chi connectivity index (χ2v) is 8.43. The Labute approximate surface area is 196 Å². The zero-order valence-corrected chi connectivity index (χ0v) is 19.5. The first kappa shape index (κ1) is 24.8. The molecule has 0 saturated carbocycles. The lowest BCUT2D eigenvalue weighted by Crippen LogP contribution is -2.36. The van der Waals surface area contributed by atoms with Gasteiger partial charge in [0.2, 0.25) is 5.91 Å². The third-order valence-corrected chi connectivity index (χ3v) is 5.46. The van der Waals surface area contributed by atoms with Crippen molar-refractivity contribution in [3.05, 3.63) is 64.4 Å². The zero-order valence-electron chi connectivity index (χ0n) is 18.7. The number of hydrogen-bond donors (Lipinski definition) is 1. The number of rotatable bonds is 8. The topological polar surface area (TPSA) is 58.1 Å². The first-order valence-electron chi connectivity index (χ1n) is 10.7. The summed E-state index contributed by atoms with van der Waals surface area (Å²) in [5, 5.41) is 4.13. The van der Waals surface area contributed by atoms with Gasteiger partial charge >= 0.3 is 6.18 Å². The fourth-order valence-corrected chi connectivity index (χ4v) is 3.65. The molecule has 1 aromatic heterocycles. The van der Waals surface area contributed by atoms with Crippen molar-refractivity contribution in [1.82, 2.24) is 15.3 Å². The highest BCUT2D eigenvalue weighted by atomic mass is 35.5. The number of carbonyl (C=O) groups excluding carboxylic acids is 1. The van der Waals surface area contributed by atoms with Gasteiger partial charge in [-0.25, -0.2) is 9.97 Å². The third kappa shape index (κ3) is 6.35. The van der Waals surface area contributed by atoms with Crippen molar-refractivity contribution in [2.75, 3.05) is 11.4 Å². The summed E-state index contributed by atoms with van der Waals surface area (Å²) in [6.45, 7) is 6.41. The average molecular weight is 479 g/mol. The van der Waals surface area contributed by atoms with Gasteiger partial charge in [-0.1, -0.05) is 30.7 Å². The van der Waals surface area contributed by atoms with Crippen LogP contribution in [0.1, 0.15) is 44.1 Å². The number of carbonyl (C=O) groups is 1. The number of halogens is 4.